The summed E-state index contributed by atoms with van der Waals surface area (Å²) >= 11 is 0. The van der Waals surface area contributed by atoms with Crippen LogP contribution >= 0.6 is 0 Å². The summed E-state index contributed by atoms with van der Waals surface area (Å²) in [6, 6.07) is -0.405. The Kier molecular flexibility index (Phi) is 5.95. The zero-order valence-electron chi connectivity index (χ0n) is 11.9. The Hall–Kier alpha value is -2.12. The zero-order valence-corrected chi connectivity index (χ0v) is 11.9. The third kappa shape index (κ3) is 5.68. The molecule has 0 radical (unpaired) electrons. The van der Waals surface area contributed by atoms with Crippen molar-refractivity contribution in [3.63, 3.8) is 0 Å². The monoisotopic (exact) mass is 284 g/mol. The smallest absolute Gasteiger partial charge is 0.323 e. The molecule has 0 saturated carbocycles. The second kappa shape index (κ2) is 7.46. The van der Waals surface area contributed by atoms with E-state index in [-0.39, 0.29) is 12.5 Å². The van der Waals surface area contributed by atoms with E-state index in [2.05, 4.69) is 15.5 Å². The number of carbonyl (C=O) groups excluding carboxylic acids is 1. The van der Waals surface area contributed by atoms with Gasteiger partial charge in [0.05, 0.1) is 0 Å². The van der Waals surface area contributed by atoms with Crippen molar-refractivity contribution in [2.75, 3.05) is 19.6 Å². The summed E-state index contributed by atoms with van der Waals surface area (Å²) in [5, 5.41) is 15.1. The lowest BCUT2D eigenvalue weighted by Crippen LogP contribution is -2.45. The lowest BCUT2D eigenvalue weighted by molar-refractivity contribution is -0.137. The number of carboxylic acids is 1. The van der Waals surface area contributed by atoms with Crippen molar-refractivity contribution in [3.05, 3.63) is 11.7 Å². The van der Waals surface area contributed by atoms with Crippen molar-refractivity contribution in [3.8, 4) is 0 Å². The van der Waals surface area contributed by atoms with Gasteiger partial charge in [0.15, 0.2) is 5.82 Å². The lowest BCUT2D eigenvalue weighted by Gasteiger charge is -2.22. The predicted octanol–water partition coefficient (Wildman–Crippen LogP) is 0.673. The van der Waals surface area contributed by atoms with Crippen molar-refractivity contribution in [1.29, 1.82) is 0 Å². The van der Waals surface area contributed by atoms with Crippen LogP contribution in [-0.2, 0) is 11.2 Å². The number of carbonyl (C=O) groups is 2. The molecule has 0 fully saturated rings. The van der Waals surface area contributed by atoms with Gasteiger partial charge in [-0.15, -0.1) is 0 Å². The Balaban J connectivity index is 2.42. The second-order valence-electron chi connectivity index (χ2n) is 4.89. The maximum absolute atomic E-state index is 11.9. The number of carboxylic acid groups (broad SMARTS) is 1. The summed E-state index contributed by atoms with van der Waals surface area (Å²) < 4.78 is 4.92. The van der Waals surface area contributed by atoms with E-state index in [1.165, 1.54) is 4.90 Å². The number of aryl methyl sites for hydroxylation is 1. The number of amides is 2. The third-order valence-corrected chi connectivity index (χ3v) is 2.38. The molecule has 2 amide bonds. The molecule has 8 heteroatoms. The first-order valence-electron chi connectivity index (χ1n) is 6.42. The second-order valence-corrected chi connectivity index (χ2v) is 4.89. The molecule has 0 atom stereocenters. The van der Waals surface area contributed by atoms with Gasteiger partial charge in [-0.05, 0) is 12.8 Å². The minimum absolute atomic E-state index is 0.193. The number of nitrogens with zero attached hydrogens (tertiary/aromatic N) is 3. The van der Waals surface area contributed by atoms with Gasteiger partial charge in [-0.3, -0.25) is 4.79 Å². The predicted molar refractivity (Wildman–Crippen MR) is 70.2 cm³/mol. The standard InChI is InChI=1S/C12H20N4O4/c1-8(2)6-16(7-11(17)18)12(19)13-5-4-10-14-9(3)15-20-10/h8H,4-7H2,1-3H3,(H,13,19)(H,17,18). The maximum Gasteiger partial charge on any atom is 0.323 e. The summed E-state index contributed by atoms with van der Waals surface area (Å²) in [7, 11) is 0. The van der Waals surface area contributed by atoms with E-state index in [4.69, 9.17) is 9.63 Å². The molecular weight excluding hydrogens is 264 g/mol. The number of aliphatic carboxylic acids is 1. The number of rotatable bonds is 7. The van der Waals surface area contributed by atoms with Crippen LogP contribution in [-0.4, -0.2) is 51.8 Å². The molecule has 0 unspecified atom stereocenters. The highest BCUT2D eigenvalue weighted by Gasteiger charge is 2.17. The molecule has 2 N–H and O–H groups in total. The first-order chi connectivity index (χ1) is 9.38. The molecule has 0 bridgehead atoms. The molecule has 0 aromatic carbocycles. The fourth-order valence-electron chi connectivity index (χ4n) is 1.65. The van der Waals surface area contributed by atoms with Gasteiger partial charge in [-0.25, -0.2) is 4.79 Å². The summed E-state index contributed by atoms with van der Waals surface area (Å²) in [5.41, 5.74) is 0. The number of hydrogen-bond donors (Lipinski definition) is 2. The minimum Gasteiger partial charge on any atom is -0.480 e. The highest BCUT2D eigenvalue weighted by Crippen LogP contribution is 2.00. The van der Waals surface area contributed by atoms with E-state index in [0.717, 1.165) is 0 Å². The summed E-state index contributed by atoms with van der Waals surface area (Å²) in [6.07, 6.45) is 0.412. The highest BCUT2D eigenvalue weighted by atomic mass is 16.5. The minimum atomic E-state index is -1.03. The molecule has 0 aliphatic rings. The Bertz CT molecular complexity index is 458. The Morgan fingerprint density at radius 1 is 1.45 bits per heavy atom. The largest absolute Gasteiger partial charge is 0.480 e. The fourth-order valence-corrected chi connectivity index (χ4v) is 1.65. The first-order valence-corrected chi connectivity index (χ1v) is 6.42. The summed E-state index contributed by atoms with van der Waals surface area (Å²) in [6.45, 7) is 5.94. The lowest BCUT2D eigenvalue weighted by atomic mass is 10.2. The van der Waals surface area contributed by atoms with E-state index >= 15 is 0 Å². The molecule has 0 aliphatic heterocycles. The van der Waals surface area contributed by atoms with Gasteiger partial charge in [0.1, 0.15) is 6.54 Å². The van der Waals surface area contributed by atoms with Gasteiger partial charge in [-0.1, -0.05) is 19.0 Å². The van der Waals surface area contributed by atoms with Crippen molar-refractivity contribution in [1.82, 2.24) is 20.4 Å². The number of hydrogen-bond acceptors (Lipinski definition) is 5. The Morgan fingerprint density at radius 3 is 2.65 bits per heavy atom. The molecule has 1 heterocycles. The van der Waals surface area contributed by atoms with Crippen LogP contribution in [0.5, 0.6) is 0 Å². The maximum atomic E-state index is 11.9. The molecule has 0 saturated heterocycles. The van der Waals surface area contributed by atoms with Gasteiger partial charge >= 0.3 is 12.0 Å². The van der Waals surface area contributed by atoms with Crippen molar-refractivity contribution < 1.29 is 19.2 Å². The average Bonchev–Trinajstić information content (AvgIpc) is 2.73. The molecule has 112 valence electrons. The molecular formula is C12H20N4O4. The summed E-state index contributed by atoms with van der Waals surface area (Å²) in [5.74, 6) is 0.141. The van der Waals surface area contributed by atoms with E-state index in [1.807, 2.05) is 13.8 Å². The van der Waals surface area contributed by atoms with Gasteiger partial charge in [-0.2, -0.15) is 4.98 Å². The summed E-state index contributed by atoms with van der Waals surface area (Å²) in [4.78, 5) is 27.9. The van der Waals surface area contributed by atoms with Crippen LogP contribution in [0, 0.1) is 12.8 Å². The van der Waals surface area contributed by atoms with Crippen LogP contribution < -0.4 is 5.32 Å². The molecule has 0 spiro atoms. The van der Waals surface area contributed by atoms with Crippen LogP contribution in [0.15, 0.2) is 4.52 Å². The van der Waals surface area contributed by atoms with Gasteiger partial charge in [0.25, 0.3) is 0 Å². The van der Waals surface area contributed by atoms with Crippen LogP contribution in [0.3, 0.4) is 0 Å². The third-order valence-electron chi connectivity index (χ3n) is 2.38. The zero-order chi connectivity index (χ0) is 15.1. The Labute approximate surface area is 117 Å². The van der Waals surface area contributed by atoms with Crippen molar-refractivity contribution in [2.45, 2.75) is 27.2 Å². The van der Waals surface area contributed by atoms with E-state index in [0.29, 0.717) is 31.2 Å². The quantitative estimate of drug-likeness (QED) is 0.762. The van der Waals surface area contributed by atoms with Gasteiger partial charge in [0, 0.05) is 19.5 Å². The number of nitrogens with one attached hydrogen (secondary N) is 1. The van der Waals surface area contributed by atoms with Crippen molar-refractivity contribution in [2.24, 2.45) is 5.92 Å². The van der Waals surface area contributed by atoms with Crippen LogP contribution in [0.1, 0.15) is 25.6 Å². The van der Waals surface area contributed by atoms with E-state index < -0.39 is 12.0 Å². The van der Waals surface area contributed by atoms with Crippen LogP contribution in [0.4, 0.5) is 4.79 Å². The SMILES string of the molecule is Cc1noc(CCNC(=O)N(CC(=O)O)CC(C)C)n1. The van der Waals surface area contributed by atoms with Gasteiger partial charge < -0.3 is 19.8 Å². The van der Waals surface area contributed by atoms with E-state index in [9.17, 15) is 9.59 Å². The molecule has 20 heavy (non-hydrogen) atoms. The molecule has 0 aliphatic carbocycles. The fraction of sp³-hybridized carbons (Fsp3) is 0.667. The molecule has 8 nitrogen and oxygen atoms in total. The molecule has 1 aromatic heterocycles. The van der Waals surface area contributed by atoms with Gasteiger partial charge in [0.2, 0.25) is 5.89 Å². The number of urea groups is 1. The van der Waals surface area contributed by atoms with Crippen LogP contribution in [0.25, 0.3) is 0 Å². The number of aromatic nitrogens is 2. The molecule has 1 rings (SSSR count). The Morgan fingerprint density at radius 2 is 2.15 bits per heavy atom. The van der Waals surface area contributed by atoms with Crippen molar-refractivity contribution >= 4 is 12.0 Å². The first kappa shape index (κ1) is 15.9. The van der Waals surface area contributed by atoms with E-state index in [1.54, 1.807) is 6.92 Å². The highest BCUT2D eigenvalue weighted by molar-refractivity contribution is 5.80. The molecule has 1 aromatic rings. The average molecular weight is 284 g/mol. The van der Waals surface area contributed by atoms with Crippen LogP contribution in [0.2, 0.25) is 0 Å². The topological polar surface area (TPSA) is 109 Å². The normalized spacial score (nSPS) is 10.6.